The normalized spacial score (nSPS) is 11.6. The fraction of sp³-hybridized carbons (Fsp3) is 0.200. The molecular weight excluding hydrogens is 402 g/mol. The average Bonchev–Trinajstić information content (AvgIpc) is 3.27. The molecular formula is C25H23N5O2. The fourth-order valence-corrected chi connectivity index (χ4v) is 3.49. The highest BCUT2D eigenvalue weighted by atomic mass is 16.5. The molecule has 7 nitrogen and oxygen atoms in total. The predicted molar refractivity (Wildman–Crippen MR) is 120 cm³/mol. The zero-order valence-electron chi connectivity index (χ0n) is 17.7. The van der Waals surface area contributed by atoms with Crippen LogP contribution in [0.2, 0.25) is 0 Å². The van der Waals surface area contributed by atoms with Crippen LogP contribution < -0.4 is 10.1 Å². The summed E-state index contributed by atoms with van der Waals surface area (Å²) >= 11 is 0. The Morgan fingerprint density at radius 1 is 1.12 bits per heavy atom. The fourth-order valence-electron chi connectivity index (χ4n) is 3.49. The number of nitrogens with zero attached hydrogens (tertiary/aromatic N) is 4. The van der Waals surface area contributed by atoms with Gasteiger partial charge in [-0.3, -0.25) is 9.20 Å². The highest BCUT2D eigenvalue weighted by Crippen LogP contribution is 2.19. The van der Waals surface area contributed by atoms with Gasteiger partial charge in [0.15, 0.2) is 11.5 Å². The van der Waals surface area contributed by atoms with Crippen LogP contribution in [0.4, 0.5) is 0 Å². The lowest BCUT2D eigenvalue weighted by Gasteiger charge is -2.17. The quantitative estimate of drug-likeness (QED) is 0.450. The number of nitrogens with one attached hydrogen (secondary N) is 1. The smallest absolute Gasteiger partial charge is 0.251 e. The van der Waals surface area contributed by atoms with Gasteiger partial charge in [-0.15, -0.1) is 10.2 Å². The van der Waals surface area contributed by atoms with Gasteiger partial charge in [-0.2, -0.15) is 5.26 Å². The van der Waals surface area contributed by atoms with E-state index in [4.69, 9.17) is 10.00 Å². The standard InChI is InChI=1S/C25H23N5O2/c1-2-6-22(24-29-28-23-9-3-4-14-30(23)24)27-25(31)20-8-5-7-19(15-20)17-32-21-12-10-18(16-26)11-13-21/h3-5,7-15,22H,2,6,17H2,1H3,(H,27,31). The topological polar surface area (TPSA) is 92.3 Å². The summed E-state index contributed by atoms with van der Waals surface area (Å²) in [7, 11) is 0. The SMILES string of the molecule is CCCC(NC(=O)c1cccc(COc2ccc(C#N)cc2)c1)c1nnc2ccccn12. The third-order valence-electron chi connectivity index (χ3n) is 5.11. The van der Waals surface area contributed by atoms with Crippen molar-refractivity contribution in [2.45, 2.75) is 32.4 Å². The van der Waals surface area contributed by atoms with E-state index in [0.717, 1.165) is 29.9 Å². The molecule has 0 spiro atoms. The highest BCUT2D eigenvalue weighted by molar-refractivity contribution is 5.94. The summed E-state index contributed by atoms with van der Waals surface area (Å²) in [6, 6.07) is 21.8. The molecule has 32 heavy (non-hydrogen) atoms. The molecule has 2 heterocycles. The van der Waals surface area contributed by atoms with Gasteiger partial charge in [0.05, 0.1) is 17.7 Å². The Bertz CT molecular complexity index is 1260. The lowest BCUT2D eigenvalue weighted by Crippen LogP contribution is -2.30. The van der Waals surface area contributed by atoms with E-state index >= 15 is 0 Å². The molecule has 4 aromatic rings. The monoisotopic (exact) mass is 425 g/mol. The summed E-state index contributed by atoms with van der Waals surface area (Å²) in [5.41, 5.74) is 2.76. The van der Waals surface area contributed by atoms with Crippen LogP contribution in [0.5, 0.6) is 5.75 Å². The predicted octanol–water partition coefficient (Wildman–Crippen LogP) is 4.45. The van der Waals surface area contributed by atoms with Gasteiger partial charge in [0, 0.05) is 11.8 Å². The number of rotatable bonds is 8. The van der Waals surface area contributed by atoms with E-state index in [1.165, 1.54) is 0 Å². The van der Waals surface area contributed by atoms with Crippen molar-refractivity contribution in [1.82, 2.24) is 19.9 Å². The van der Waals surface area contributed by atoms with E-state index in [0.29, 0.717) is 23.5 Å². The molecule has 0 aliphatic heterocycles. The first-order valence-corrected chi connectivity index (χ1v) is 10.5. The van der Waals surface area contributed by atoms with Crippen molar-refractivity contribution in [3.05, 3.63) is 95.4 Å². The summed E-state index contributed by atoms with van der Waals surface area (Å²) in [6.07, 6.45) is 3.55. The number of ether oxygens (including phenoxy) is 1. The molecule has 4 rings (SSSR count). The molecule has 7 heteroatoms. The molecule has 1 amide bonds. The van der Waals surface area contributed by atoms with Crippen molar-refractivity contribution in [1.29, 1.82) is 5.26 Å². The van der Waals surface area contributed by atoms with Gasteiger partial charge in [0.25, 0.3) is 5.91 Å². The molecule has 0 bridgehead atoms. The molecule has 0 saturated heterocycles. The molecule has 0 aliphatic carbocycles. The maximum absolute atomic E-state index is 13.0. The largest absolute Gasteiger partial charge is 0.489 e. The first kappa shape index (κ1) is 21.1. The van der Waals surface area contributed by atoms with Gasteiger partial charge < -0.3 is 10.1 Å². The number of fused-ring (bicyclic) bond motifs is 1. The van der Waals surface area contributed by atoms with Crippen molar-refractivity contribution >= 4 is 11.6 Å². The van der Waals surface area contributed by atoms with Crippen LogP contribution in [0.15, 0.2) is 72.9 Å². The molecule has 0 saturated carbocycles. The Morgan fingerprint density at radius 2 is 1.97 bits per heavy atom. The Balaban J connectivity index is 1.46. The van der Waals surface area contributed by atoms with Crippen LogP contribution in [0, 0.1) is 11.3 Å². The van der Waals surface area contributed by atoms with Crippen molar-refractivity contribution < 1.29 is 9.53 Å². The number of benzene rings is 2. The number of hydrogen-bond donors (Lipinski definition) is 1. The first-order chi connectivity index (χ1) is 15.7. The first-order valence-electron chi connectivity index (χ1n) is 10.5. The maximum atomic E-state index is 13.0. The van der Waals surface area contributed by atoms with Crippen molar-refractivity contribution in [2.24, 2.45) is 0 Å². The lowest BCUT2D eigenvalue weighted by molar-refractivity contribution is 0.0932. The maximum Gasteiger partial charge on any atom is 0.251 e. The third kappa shape index (κ3) is 4.76. The van der Waals surface area contributed by atoms with Crippen molar-refractivity contribution in [3.8, 4) is 11.8 Å². The number of pyridine rings is 1. The number of nitriles is 1. The van der Waals surface area contributed by atoms with Gasteiger partial charge in [-0.1, -0.05) is 31.5 Å². The van der Waals surface area contributed by atoms with Gasteiger partial charge in [-0.05, 0) is 60.5 Å². The molecule has 0 radical (unpaired) electrons. The second-order valence-corrected chi connectivity index (χ2v) is 7.43. The zero-order chi connectivity index (χ0) is 22.3. The van der Waals surface area contributed by atoms with Gasteiger partial charge >= 0.3 is 0 Å². The molecule has 0 aliphatic rings. The number of aromatic nitrogens is 3. The van der Waals surface area contributed by atoms with Gasteiger partial charge in [-0.25, -0.2) is 0 Å². The van der Waals surface area contributed by atoms with Crippen molar-refractivity contribution in [2.75, 3.05) is 0 Å². The minimum absolute atomic E-state index is 0.170. The van der Waals surface area contributed by atoms with Crippen molar-refractivity contribution in [3.63, 3.8) is 0 Å². The van der Waals surface area contributed by atoms with Gasteiger partial charge in [0.2, 0.25) is 0 Å². The third-order valence-corrected chi connectivity index (χ3v) is 5.11. The molecule has 160 valence electrons. The minimum atomic E-state index is -0.247. The second kappa shape index (κ2) is 9.75. The summed E-state index contributed by atoms with van der Waals surface area (Å²) < 4.78 is 7.70. The lowest BCUT2D eigenvalue weighted by atomic mass is 10.1. The molecule has 2 aromatic carbocycles. The number of carbonyl (C=O) groups excluding carboxylic acids is 1. The van der Waals surface area contributed by atoms with Crippen LogP contribution in [0.3, 0.4) is 0 Å². The van der Waals surface area contributed by atoms with E-state index in [1.807, 2.05) is 47.0 Å². The second-order valence-electron chi connectivity index (χ2n) is 7.43. The molecule has 1 unspecified atom stereocenters. The van der Waals surface area contributed by atoms with E-state index < -0.39 is 0 Å². The Kier molecular flexibility index (Phi) is 6.42. The van der Waals surface area contributed by atoms with Crippen LogP contribution in [-0.2, 0) is 6.61 Å². The summed E-state index contributed by atoms with van der Waals surface area (Å²) in [4.78, 5) is 13.0. The van der Waals surface area contributed by atoms with Crippen LogP contribution in [0.25, 0.3) is 5.65 Å². The Morgan fingerprint density at radius 3 is 2.75 bits per heavy atom. The van der Waals surface area contributed by atoms with E-state index in [-0.39, 0.29) is 11.9 Å². The number of hydrogen-bond acceptors (Lipinski definition) is 5. The van der Waals surface area contributed by atoms with Crippen LogP contribution in [-0.4, -0.2) is 20.5 Å². The molecule has 0 fully saturated rings. The van der Waals surface area contributed by atoms with E-state index in [9.17, 15) is 4.79 Å². The van der Waals surface area contributed by atoms with E-state index in [2.05, 4.69) is 28.5 Å². The summed E-state index contributed by atoms with van der Waals surface area (Å²) in [5, 5.41) is 20.5. The van der Waals surface area contributed by atoms with Crippen LogP contribution >= 0.6 is 0 Å². The van der Waals surface area contributed by atoms with Crippen LogP contribution in [0.1, 0.15) is 53.1 Å². The van der Waals surface area contributed by atoms with Gasteiger partial charge in [0.1, 0.15) is 12.4 Å². The Hall–Kier alpha value is -4.18. The number of carbonyl (C=O) groups is 1. The Labute approximate surface area is 186 Å². The molecule has 1 N–H and O–H groups in total. The average molecular weight is 425 g/mol. The molecule has 2 aromatic heterocycles. The van der Waals surface area contributed by atoms with E-state index in [1.54, 1.807) is 30.3 Å². The zero-order valence-corrected chi connectivity index (χ0v) is 17.7. The summed E-state index contributed by atoms with van der Waals surface area (Å²) in [6.45, 7) is 2.39. The highest BCUT2D eigenvalue weighted by Gasteiger charge is 2.20. The number of amides is 1. The summed E-state index contributed by atoms with van der Waals surface area (Å²) in [5.74, 6) is 1.22. The molecule has 1 atom stereocenters. The minimum Gasteiger partial charge on any atom is -0.489 e.